The largest absolute Gasteiger partial charge is 0.405 e. The van der Waals surface area contributed by atoms with E-state index in [1.165, 1.54) is 4.90 Å². The van der Waals surface area contributed by atoms with Crippen molar-refractivity contribution in [3.05, 3.63) is 23.9 Å². The summed E-state index contributed by atoms with van der Waals surface area (Å²) in [5.41, 5.74) is 0.935. The molecule has 0 fully saturated rings. The predicted octanol–water partition coefficient (Wildman–Crippen LogP) is 3.53. The third-order valence-corrected chi connectivity index (χ3v) is 3.05. The van der Waals surface area contributed by atoms with Gasteiger partial charge in [0.25, 0.3) is 0 Å². The molecule has 1 rings (SSSR count). The lowest BCUT2D eigenvalue weighted by molar-refractivity contribution is -0.120. The van der Waals surface area contributed by atoms with E-state index in [2.05, 4.69) is 10.3 Å². The minimum atomic E-state index is -4.24. The van der Waals surface area contributed by atoms with Gasteiger partial charge in [0.15, 0.2) is 0 Å². The smallest absolute Gasteiger partial charge is 0.345 e. The highest BCUT2D eigenvalue weighted by atomic mass is 19.4. The summed E-state index contributed by atoms with van der Waals surface area (Å²) in [6.07, 6.45) is -2.68. The summed E-state index contributed by atoms with van der Waals surface area (Å²) in [6, 6.07) is 3.36. The molecular formula is C14H22F3N3. The van der Waals surface area contributed by atoms with Crippen LogP contribution in [0.15, 0.2) is 18.3 Å². The van der Waals surface area contributed by atoms with E-state index < -0.39 is 12.7 Å². The highest BCUT2D eigenvalue weighted by molar-refractivity contribution is 5.43. The van der Waals surface area contributed by atoms with Crippen LogP contribution in [0.25, 0.3) is 0 Å². The van der Waals surface area contributed by atoms with E-state index in [1.54, 1.807) is 26.1 Å². The number of pyridine rings is 1. The van der Waals surface area contributed by atoms with Gasteiger partial charge in [-0.1, -0.05) is 6.92 Å². The second-order valence-electron chi connectivity index (χ2n) is 5.06. The van der Waals surface area contributed by atoms with Crippen LogP contribution in [0.4, 0.5) is 19.0 Å². The molecule has 0 aromatic carbocycles. The van der Waals surface area contributed by atoms with E-state index in [0.29, 0.717) is 5.82 Å². The van der Waals surface area contributed by atoms with Gasteiger partial charge in [-0.3, -0.25) is 0 Å². The van der Waals surface area contributed by atoms with Gasteiger partial charge in [0, 0.05) is 18.3 Å². The third kappa shape index (κ3) is 5.00. The van der Waals surface area contributed by atoms with Crippen molar-refractivity contribution in [1.82, 2.24) is 10.3 Å². The Morgan fingerprint density at radius 2 is 1.95 bits per heavy atom. The fourth-order valence-corrected chi connectivity index (χ4v) is 2.01. The first-order chi connectivity index (χ1) is 9.24. The monoisotopic (exact) mass is 289 g/mol. The standard InChI is InChI=1S/C14H22F3N3/c1-5-18-11(4)12-6-7-19-13(8-12)20(10(2)3)9-14(15,16)17/h6-8,10-11,18H,5,9H2,1-4H3. The normalized spacial score (nSPS) is 13.6. The molecule has 0 saturated carbocycles. The number of hydrogen-bond donors (Lipinski definition) is 1. The van der Waals surface area contributed by atoms with Gasteiger partial charge in [0.2, 0.25) is 0 Å². The summed E-state index contributed by atoms with van der Waals surface area (Å²) in [6.45, 7) is 7.24. The lowest BCUT2D eigenvalue weighted by atomic mass is 10.1. The van der Waals surface area contributed by atoms with Crippen LogP contribution < -0.4 is 10.2 Å². The predicted molar refractivity (Wildman–Crippen MR) is 74.9 cm³/mol. The fraction of sp³-hybridized carbons (Fsp3) is 0.643. The second-order valence-corrected chi connectivity index (χ2v) is 5.06. The summed E-state index contributed by atoms with van der Waals surface area (Å²) in [4.78, 5) is 5.35. The van der Waals surface area contributed by atoms with Gasteiger partial charge in [0.05, 0.1) is 0 Å². The Kier molecular flexibility index (Phi) is 5.80. The number of hydrogen-bond acceptors (Lipinski definition) is 3. The molecule has 1 atom stereocenters. The molecule has 1 unspecified atom stereocenters. The number of alkyl halides is 3. The summed E-state index contributed by atoms with van der Waals surface area (Å²) in [7, 11) is 0. The van der Waals surface area contributed by atoms with Crippen molar-refractivity contribution in [3.63, 3.8) is 0 Å². The average Bonchev–Trinajstić information content (AvgIpc) is 2.35. The van der Waals surface area contributed by atoms with Gasteiger partial charge in [-0.2, -0.15) is 13.2 Å². The van der Waals surface area contributed by atoms with Gasteiger partial charge >= 0.3 is 6.18 Å². The van der Waals surface area contributed by atoms with Crippen LogP contribution >= 0.6 is 0 Å². The van der Waals surface area contributed by atoms with Crippen LogP contribution in [0.2, 0.25) is 0 Å². The highest BCUT2D eigenvalue weighted by Crippen LogP contribution is 2.24. The van der Waals surface area contributed by atoms with E-state index >= 15 is 0 Å². The topological polar surface area (TPSA) is 28.2 Å². The Labute approximate surface area is 118 Å². The van der Waals surface area contributed by atoms with Crippen LogP contribution in [0.5, 0.6) is 0 Å². The minimum absolute atomic E-state index is 0.0849. The Bertz CT molecular complexity index is 418. The van der Waals surface area contributed by atoms with Crippen LogP contribution in [0.1, 0.15) is 39.3 Å². The van der Waals surface area contributed by atoms with Crippen molar-refractivity contribution in [1.29, 1.82) is 0 Å². The Balaban J connectivity index is 3.00. The summed E-state index contributed by atoms with van der Waals surface area (Å²) in [5.74, 6) is 0.361. The first-order valence-electron chi connectivity index (χ1n) is 6.77. The molecule has 6 heteroatoms. The second kappa shape index (κ2) is 6.92. The molecule has 0 amide bonds. The Hall–Kier alpha value is -1.30. The van der Waals surface area contributed by atoms with Crippen LogP contribution in [-0.2, 0) is 0 Å². The zero-order valence-corrected chi connectivity index (χ0v) is 12.3. The molecular weight excluding hydrogens is 267 g/mol. The quantitative estimate of drug-likeness (QED) is 0.868. The zero-order chi connectivity index (χ0) is 15.3. The minimum Gasteiger partial charge on any atom is -0.345 e. The molecule has 20 heavy (non-hydrogen) atoms. The molecule has 0 saturated heterocycles. The molecule has 0 aliphatic rings. The maximum absolute atomic E-state index is 12.6. The maximum Gasteiger partial charge on any atom is 0.405 e. The number of aromatic nitrogens is 1. The number of nitrogens with one attached hydrogen (secondary N) is 1. The maximum atomic E-state index is 12.6. The molecule has 0 radical (unpaired) electrons. The number of anilines is 1. The summed E-state index contributed by atoms with van der Waals surface area (Å²) in [5, 5.41) is 3.24. The Morgan fingerprint density at radius 1 is 1.30 bits per heavy atom. The number of halogens is 3. The van der Waals surface area contributed by atoms with Crippen molar-refractivity contribution < 1.29 is 13.2 Å². The van der Waals surface area contributed by atoms with E-state index in [1.807, 2.05) is 19.9 Å². The first-order valence-corrected chi connectivity index (χ1v) is 6.77. The molecule has 0 aliphatic heterocycles. The number of nitrogens with zero attached hydrogens (tertiary/aromatic N) is 2. The molecule has 3 nitrogen and oxygen atoms in total. The van der Waals surface area contributed by atoms with Gasteiger partial charge in [-0.05, 0) is 45.0 Å². The van der Waals surface area contributed by atoms with Gasteiger partial charge in [-0.25, -0.2) is 4.98 Å². The fourth-order valence-electron chi connectivity index (χ4n) is 2.01. The van der Waals surface area contributed by atoms with E-state index in [0.717, 1.165) is 12.1 Å². The van der Waals surface area contributed by atoms with Crippen molar-refractivity contribution in [2.75, 3.05) is 18.0 Å². The van der Waals surface area contributed by atoms with Gasteiger partial charge < -0.3 is 10.2 Å². The summed E-state index contributed by atoms with van der Waals surface area (Å²) >= 11 is 0. The average molecular weight is 289 g/mol. The molecule has 0 spiro atoms. The molecule has 114 valence electrons. The van der Waals surface area contributed by atoms with Crippen molar-refractivity contribution >= 4 is 5.82 Å². The number of rotatable bonds is 6. The molecule has 1 aromatic rings. The zero-order valence-electron chi connectivity index (χ0n) is 12.3. The van der Waals surface area contributed by atoms with Crippen LogP contribution in [0.3, 0.4) is 0 Å². The molecule has 1 heterocycles. The van der Waals surface area contributed by atoms with Crippen molar-refractivity contribution in [2.24, 2.45) is 0 Å². The lowest BCUT2D eigenvalue weighted by Crippen LogP contribution is -2.39. The SMILES string of the molecule is CCNC(C)c1ccnc(N(CC(F)(F)F)C(C)C)c1. The van der Waals surface area contributed by atoms with Crippen LogP contribution in [0, 0.1) is 0 Å². The van der Waals surface area contributed by atoms with Gasteiger partial charge in [0.1, 0.15) is 12.4 Å². The molecule has 1 N–H and O–H groups in total. The molecule has 0 bridgehead atoms. The Morgan fingerprint density at radius 3 is 2.45 bits per heavy atom. The lowest BCUT2D eigenvalue weighted by Gasteiger charge is -2.29. The molecule has 0 aliphatic carbocycles. The molecule has 1 aromatic heterocycles. The van der Waals surface area contributed by atoms with Crippen molar-refractivity contribution in [2.45, 2.75) is 46.0 Å². The van der Waals surface area contributed by atoms with Crippen LogP contribution in [-0.4, -0.2) is 30.3 Å². The van der Waals surface area contributed by atoms with Crippen molar-refractivity contribution in [3.8, 4) is 0 Å². The third-order valence-electron chi connectivity index (χ3n) is 3.05. The van der Waals surface area contributed by atoms with E-state index in [9.17, 15) is 13.2 Å². The summed E-state index contributed by atoms with van der Waals surface area (Å²) < 4.78 is 37.9. The van der Waals surface area contributed by atoms with E-state index in [4.69, 9.17) is 0 Å². The first kappa shape index (κ1) is 16.8. The van der Waals surface area contributed by atoms with Gasteiger partial charge in [-0.15, -0.1) is 0 Å². The van der Waals surface area contributed by atoms with E-state index in [-0.39, 0.29) is 12.1 Å². The highest BCUT2D eigenvalue weighted by Gasteiger charge is 2.32.